The van der Waals surface area contributed by atoms with Crippen LogP contribution in [0.3, 0.4) is 0 Å². The van der Waals surface area contributed by atoms with Gasteiger partial charge in [0.15, 0.2) is 0 Å². The van der Waals surface area contributed by atoms with E-state index in [0.29, 0.717) is 24.3 Å². The minimum atomic E-state index is -0.964. The fraction of sp³-hybridized carbons (Fsp3) is 0.412. The van der Waals surface area contributed by atoms with Crippen molar-refractivity contribution in [2.24, 2.45) is 11.8 Å². The predicted molar refractivity (Wildman–Crippen MR) is 90.6 cm³/mol. The first kappa shape index (κ1) is 17.4. The Labute approximate surface area is 138 Å². The maximum absolute atomic E-state index is 12.5. The molecule has 0 bridgehead atoms. The van der Waals surface area contributed by atoms with Crippen LogP contribution in [0.2, 0.25) is 0 Å². The lowest BCUT2D eigenvalue weighted by atomic mass is 9.82. The van der Waals surface area contributed by atoms with Crippen molar-refractivity contribution in [1.82, 2.24) is 0 Å². The van der Waals surface area contributed by atoms with Crippen LogP contribution in [0.1, 0.15) is 24.0 Å². The van der Waals surface area contributed by atoms with Crippen molar-refractivity contribution >= 4 is 28.4 Å². The molecule has 5 nitrogen and oxygen atoms in total. The lowest BCUT2D eigenvalue weighted by Gasteiger charge is -2.24. The second-order valence-electron chi connectivity index (χ2n) is 5.79. The molecule has 0 radical (unpaired) electrons. The van der Waals surface area contributed by atoms with E-state index in [1.807, 2.05) is 25.1 Å². The van der Waals surface area contributed by atoms with Gasteiger partial charge in [0.2, 0.25) is 5.91 Å². The smallest absolute Gasteiger partial charge is 0.307 e. The number of rotatable bonds is 5. The number of allylic oxidation sites excluding steroid dienone is 2. The molecule has 3 atom stereocenters. The Kier molecular flexibility index (Phi) is 5.71. The topological polar surface area (TPSA) is 83.5 Å². The van der Waals surface area contributed by atoms with E-state index in [9.17, 15) is 18.9 Å². The van der Waals surface area contributed by atoms with Crippen molar-refractivity contribution in [2.75, 3.05) is 11.6 Å². The highest BCUT2D eigenvalue weighted by Gasteiger charge is 2.34. The molecule has 0 heterocycles. The number of benzene rings is 1. The lowest BCUT2D eigenvalue weighted by Crippen LogP contribution is -2.34. The molecule has 1 aliphatic rings. The second-order valence-corrected chi connectivity index (χ2v) is 7.23. The molecule has 124 valence electrons. The number of carbonyl (C=O) groups excluding carboxylic acids is 1. The Morgan fingerprint density at radius 2 is 1.91 bits per heavy atom. The maximum Gasteiger partial charge on any atom is 0.307 e. The van der Waals surface area contributed by atoms with E-state index in [0.717, 1.165) is 11.1 Å². The summed E-state index contributed by atoms with van der Waals surface area (Å²) in [6.45, 7) is 1.87. The van der Waals surface area contributed by atoms with E-state index in [-0.39, 0.29) is 5.91 Å². The number of hydrogen-bond acceptors (Lipinski definition) is 3. The molecular weight excluding hydrogens is 314 g/mol. The van der Waals surface area contributed by atoms with Crippen LogP contribution < -0.4 is 5.32 Å². The van der Waals surface area contributed by atoms with Crippen LogP contribution in [0.25, 0.3) is 0 Å². The number of aliphatic carboxylic acids is 1. The van der Waals surface area contributed by atoms with Crippen molar-refractivity contribution in [1.29, 1.82) is 0 Å². The molecule has 0 saturated carbocycles. The molecule has 0 saturated heterocycles. The zero-order valence-electron chi connectivity index (χ0n) is 13.2. The van der Waals surface area contributed by atoms with Crippen molar-refractivity contribution < 1.29 is 18.9 Å². The van der Waals surface area contributed by atoms with Gasteiger partial charge in [-0.05, 0) is 37.0 Å². The standard InChI is InChI=1S/C17H21NO4S/c1-11-12(10-23(2)22)6-5-9-15(11)18-16(19)13-7-3-4-8-14(13)17(20)21/h3-6,9,13-14H,7-8,10H2,1-2H3,(H,18,19)(H,20,21)/t13-,14+,23?/m1/s1. The molecule has 1 unspecified atom stereocenters. The van der Waals surface area contributed by atoms with Crippen LogP contribution in [-0.2, 0) is 26.1 Å². The van der Waals surface area contributed by atoms with Crippen LogP contribution in [0.5, 0.6) is 0 Å². The summed E-state index contributed by atoms with van der Waals surface area (Å²) in [5.74, 6) is -2.05. The highest BCUT2D eigenvalue weighted by molar-refractivity contribution is 7.83. The summed E-state index contributed by atoms with van der Waals surface area (Å²) in [5, 5.41) is 12.1. The van der Waals surface area contributed by atoms with Gasteiger partial charge < -0.3 is 10.4 Å². The van der Waals surface area contributed by atoms with Gasteiger partial charge in [-0.3, -0.25) is 13.8 Å². The Morgan fingerprint density at radius 1 is 1.26 bits per heavy atom. The molecule has 1 aliphatic carbocycles. The third kappa shape index (κ3) is 4.28. The highest BCUT2D eigenvalue weighted by Crippen LogP contribution is 2.28. The van der Waals surface area contributed by atoms with Crippen molar-refractivity contribution in [3.8, 4) is 0 Å². The summed E-state index contributed by atoms with van der Waals surface area (Å²) in [6, 6.07) is 5.47. The minimum absolute atomic E-state index is 0.278. The quantitative estimate of drug-likeness (QED) is 0.810. The van der Waals surface area contributed by atoms with E-state index in [4.69, 9.17) is 0 Å². The summed E-state index contributed by atoms with van der Waals surface area (Å²) in [5.41, 5.74) is 2.44. The van der Waals surface area contributed by atoms with Crippen molar-refractivity contribution in [3.63, 3.8) is 0 Å². The number of carbonyl (C=O) groups is 2. The van der Waals surface area contributed by atoms with E-state index < -0.39 is 28.6 Å². The molecule has 0 spiro atoms. The van der Waals surface area contributed by atoms with Gasteiger partial charge in [-0.15, -0.1) is 0 Å². The number of nitrogens with one attached hydrogen (secondary N) is 1. The van der Waals surface area contributed by atoms with Crippen LogP contribution in [-0.4, -0.2) is 27.4 Å². The molecular formula is C17H21NO4S. The fourth-order valence-electron chi connectivity index (χ4n) is 2.80. The van der Waals surface area contributed by atoms with Crippen molar-refractivity contribution in [3.05, 3.63) is 41.5 Å². The first-order valence-corrected chi connectivity index (χ1v) is 9.20. The van der Waals surface area contributed by atoms with Gasteiger partial charge in [0.1, 0.15) is 0 Å². The minimum Gasteiger partial charge on any atom is -0.481 e. The fourth-order valence-corrected chi connectivity index (χ4v) is 3.55. The number of carboxylic acids is 1. The van der Waals surface area contributed by atoms with Crippen LogP contribution in [0.15, 0.2) is 30.4 Å². The summed E-state index contributed by atoms with van der Waals surface area (Å²) in [4.78, 5) is 23.8. The van der Waals surface area contributed by atoms with E-state index in [1.165, 1.54) is 0 Å². The van der Waals surface area contributed by atoms with Crippen LogP contribution in [0, 0.1) is 18.8 Å². The molecule has 1 aromatic rings. The molecule has 2 N–H and O–H groups in total. The Hall–Kier alpha value is -1.95. The number of hydrogen-bond donors (Lipinski definition) is 2. The summed E-state index contributed by atoms with van der Waals surface area (Å²) in [7, 11) is -0.964. The molecule has 6 heteroatoms. The number of carboxylic acid groups (broad SMARTS) is 1. The van der Waals surface area contributed by atoms with Gasteiger partial charge in [-0.25, -0.2) is 0 Å². The van der Waals surface area contributed by atoms with Gasteiger partial charge in [-0.2, -0.15) is 0 Å². The summed E-state index contributed by atoms with van der Waals surface area (Å²) in [6.07, 6.45) is 6.11. The normalized spacial score (nSPS) is 21.7. The van der Waals surface area contributed by atoms with E-state index in [2.05, 4.69) is 5.32 Å². The van der Waals surface area contributed by atoms with Gasteiger partial charge >= 0.3 is 5.97 Å². The second kappa shape index (κ2) is 7.55. The average molecular weight is 335 g/mol. The Bertz CT molecular complexity index is 669. The SMILES string of the molecule is Cc1c(CS(C)=O)cccc1NC(=O)[C@@H]1CC=CC[C@@H]1C(=O)O. The number of amides is 1. The molecule has 23 heavy (non-hydrogen) atoms. The van der Waals surface area contributed by atoms with Gasteiger partial charge in [0, 0.05) is 28.5 Å². The third-order valence-electron chi connectivity index (χ3n) is 4.15. The summed E-state index contributed by atoms with van der Waals surface area (Å²) < 4.78 is 11.4. The van der Waals surface area contributed by atoms with Crippen LogP contribution >= 0.6 is 0 Å². The van der Waals surface area contributed by atoms with E-state index in [1.54, 1.807) is 18.4 Å². The summed E-state index contributed by atoms with van der Waals surface area (Å²) >= 11 is 0. The largest absolute Gasteiger partial charge is 0.481 e. The maximum atomic E-state index is 12.5. The first-order chi connectivity index (χ1) is 10.9. The van der Waals surface area contributed by atoms with Crippen LogP contribution in [0.4, 0.5) is 5.69 Å². The molecule has 0 aromatic heterocycles. The Balaban J connectivity index is 2.18. The van der Waals surface area contributed by atoms with Crippen molar-refractivity contribution in [2.45, 2.75) is 25.5 Å². The first-order valence-electron chi connectivity index (χ1n) is 7.47. The molecule has 1 aromatic carbocycles. The number of anilines is 1. The molecule has 1 amide bonds. The Morgan fingerprint density at radius 3 is 2.52 bits per heavy atom. The molecule has 0 aliphatic heterocycles. The monoisotopic (exact) mass is 335 g/mol. The van der Waals surface area contributed by atoms with E-state index >= 15 is 0 Å². The zero-order chi connectivity index (χ0) is 17.0. The average Bonchev–Trinajstić information content (AvgIpc) is 2.50. The lowest BCUT2D eigenvalue weighted by molar-refractivity contribution is -0.146. The molecule has 2 rings (SSSR count). The van der Waals surface area contributed by atoms with Gasteiger partial charge in [-0.1, -0.05) is 24.3 Å². The third-order valence-corrected chi connectivity index (χ3v) is 4.87. The zero-order valence-corrected chi connectivity index (χ0v) is 14.1. The van der Waals surface area contributed by atoms with Gasteiger partial charge in [0.05, 0.1) is 11.8 Å². The predicted octanol–water partition coefficient (Wildman–Crippen LogP) is 2.48. The highest BCUT2D eigenvalue weighted by atomic mass is 32.2. The van der Waals surface area contributed by atoms with Gasteiger partial charge in [0.25, 0.3) is 0 Å². The molecule has 0 fully saturated rings.